The first kappa shape index (κ1) is 4.75. The summed E-state index contributed by atoms with van der Waals surface area (Å²) in [5, 5.41) is 0. The van der Waals surface area contributed by atoms with E-state index < -0.39 is 0 Å². The molecule has 1 aliphatic rings. The molecule has 1 radical (unpaired) electrons. The van der Waals surface area contributed by atoms with Crippen LogP contribution in [0, 0.1) is 11.8 Å². The zero-order valence-corrected chi connectivity index (χ0v) is 4.26. The van der Waals surface area contributed by atoms with E-state index in [1.54, 1.807) is 0 Å². The van der Waals surface area contributed by atoms with Crippen molar-refractivity contribution in [2.45, 2.75) is 18.9 Å². The Morgan fingerprint density at radius 2 is 2.43 bits per heavy atom. The molecule has 1 aliphatic heterocycles. The highest BCUT2D eigenvalue weighted by Gasteiger charge is 2.26. The van der Waals surface area contributed by atoms with Gasteiger partial charge in [0.25, 0.3) is 0 Å². The maximum atomic E-state index is 10.4. The molecule has 0 N–H and O–H groups in total. The largest absolute Gasteiger partial charge is 0.201 e. The summed E-state index contributed by atoms with van der Waals surface area (Å²) in [6.45, 7) is 4.32. The Balaban J connectivity index is 2.48. The van der Waals surface area contributed by atoms with Crippen molar-refractivity contribution in [1.29, 1.82) is 0 Å². The Morgan fingerprint density at radius 1 is 1.71 bits per heavy atom. The van der Waals surface area contributed by atoms with Gasteiger partial charge in [0.1, 0.15) is 0 Å². The first-order valence-electron chi connectivity index (χ1n) is 2.57. The van der Waals surface area contributed by atoms with Crippen molar-refractivity contribution >= 4 is 0 Å². The van der Waals surface area contributed by atoms with Crippen LogP contribution in [0.25, 0.3) is 0 Å². The number of rotatable bonds is 0. The van der Waals surface area contributed by atoms with Crippen molar-refractivity contribution < 1.29 is 4.76 Å². The molecule has 1 rings (SSSR count). The first-order chi connectivity index (χ1) is 3.30. The summed E-state index contributed by atoms with van der Waals surface area (Å²) < 4.78 is 1.04. The second-order valence-corrected chi connectivity index (χ2v) is 1.94. The van der Waals surface area contributed by atoms with Gasteiger partial charge in [0.15, 0.2) is 6.54 Å². The van der Waals surface area contributed by atoms with Crippen LogP contribution in [0.15, 0.2) is 0 Å². The van der Waals surface area contributed by atoms with Crippen molar-refractivity contribution in [2.75, 3.05) is 6.54 Å². The van der Waals surface area contributed by atoms with E-state index in [0.29, 0.717) is 6.54 Å². The van der Waals surface area contributed by atoms with Gasteiger partial charge in [-0.3, -0.25) is 0 Å². The maximum Gasteiger partial charge on any atom is 0.201 e. The minimum Gasteiger partial charge on any atom is 0.000842 e. The molecular formula is C5H9NO+. The highest BCUT2D eigenvalue weighted by molar-refractivity contribution is 4.62. The summed E-state index contributed by atoms with van der Waals surface area (Å²) in [5.74, 6) is 0. The standard InChI is InChI=1S/C5H9NO/c1-5-3-2-4-6(5)7/h5H,1-4H2/q+1. The predicted octanol–water partition coefficient (Wildman–Crippen LogP) is 0.762. The van der Waals surface area contributed by atoms with Crippen LogP contribution in [0.2, 0.25) is 0 Å². The smallest absolute Gasteiger partial charge is 0.000842 e. The van der Waals surface area contributed by atoms with Gasteiger partial charge in [-0.05, 0) is 0 Å². The first-order valence-corrected chi connectivity index (χ1v) is 2.57. The molecule has 0 saturated carbocycles. The molecule has 0 aromatic rings. The van der Waals surface area contributed by atoms with E-state index in [4.69, 9.17) is 0 Å². The van der Waals surface area contributed by atoms with Crippen LogP contribution in [0.3, 0.4) is 0 Å². The minimum atomic E-state index is 0.0417. The zero-order chi connectivity index (χ0) is 5.28. The van der Waals surface area contributed by atoms with E-state index in [1.807, 2.05) is 0 Å². The Hall–Kier alpha value is -0.400. The second kappa shape index (κ2) is 1.60. The van der Waals surface area contributed by atoms with Gasteiger partial charge in [0, 0.05) is 29.4 Å². The van der Waals surface area contributed by atoms with Crippen molar-refractivity contribution in [3.63, 3.8) is 0 Å². The fourth-order valence-electron chi connectivity index (χ4n) is 0.809. The van der Waals surface area contributed by atoms with E-state index in [2.05, 4.69) is 6.92 Å². The molecule has 1 fully saturated rings. The lowest BCUT2D eigenvalue weighted by Gasteiger charge is -1.83. The lowest BCUT2D eigenvalue weighted by molar-refractivity contribution is -0.554. The Kier molecular flexibility index (Phi) is 1.09. The molecule has 0 amide bonds. The van der Waals surface area contributed by atoms with Gasteiger partial charge >= 0.3 is 0 Å². The van der Waals surface area contributed by atoms with Crippen LogP contribution in [-0.2, 0) is 0 Å². The Bertz CT molecular complexity index is 90.1. The fourth-order valence-corrected chi connectivity index (χ4v) is 0.809. The molecule has 0 bridgehead atoms. The van der Waals surface area contributed by atoms with Gasteiger partial charge in [-0.1, -0.05) is 0 Å². The third-order valence-corrected chi connectivity index (χ3v) is 1.32. The van der Waals surface area contributed by atoms with Gasteiger partial charge < -0.3 is 0 Å². The van der Waals surface area contributed by atoms with Gasteiger partial charge in [-0.25, -0.2) is 0 Å². The van der Waals surface area contributed by atoms with Crippen molar-refractivity contribution in [3.8, 4) is 0 Å². The molecule has 39 valence electrons. The molecule has 7 heavy (non-hydrogen) atoms. The third kappa shape index (κ3) is 0.787. The van der Waals surface area contributed by atoms with Gasteiger partial charge in [-0.2, -0.15) is 0 Å². The number of nitroso groups, excluding NO2 is 1. The topological polar surface area (TPSA) is 20.1 Å². The van der Waals surface area contributed by atoms with Crippen molar-refractivity contribution in [3.05, 3.63) is 11.8 Å². The Morgan fingerprint density at radius 3 is 2.57 bits per heavy atom. The summed E-state index contributed by atoms with van der Waals surface area (Å²) in [7, 11) is 0. The molecule has 2 nitrogen and oxygen atoms in total. The highest BCUT2D eigenvalue weighted by atomic mass is 16.3. The fraction of sp³-hybridized carbons (Fsp3) is 0.800. The third-order valence-electron chi connectivity index (χ3n) is 1.32. The van der Waals surface area contributed by atoms with E-state index in [1.165, 1.54) is 0 Å². The summed E-state index contributed by atoms with van der Waals surface area (Å²) >= 11 is 0. The van der Waals surface area contributed by atoms with Crippen LogP contribution in [-0.4, -0.2) is 17.3 Å². The summed E-state index contributed by atoms with van der Waals surface area (Å²) in [5.41, 5.74) is 0. The predicted molar refractivity (Wildman–Crippen MR) is 26.9 cm³/mol. The molecule has 0 aromatic heterocycles. The van der Waals surface area contributed by atoms with Gasteiger partial charge in [0.05, 0.1) is 0 Å². The molecule has 1 saturated heterocycles. The SMILES string of the molecule is [CH2]C1CCC[N+]1=O. The molecule has 1 atom stereocenters. The average Bonchev–Trinajstić information content (AvgIpc) is 1.91. The van der Waals surface area contributed by atoms with Gasteiger partial charge in [-0.15, -0.1) is 0 Å². The molecule has 0 spiro atoms. The van der Waals surface area contributed by atoms with E-state index in [9.17, 15) is 4.91 Å². The monoisotopic (exact) mass is 99.1 g/mol. The quantitative estimate of drug-likeness (QED) is 0.410. The minimum absolute atomic E-state index is 0.0417. The Labute approximate surface area is 43.1 Å². The molecule has 0 aliphatic carbocycles. The lowest BCUT2D eigenvalue weighted by Crippen LogP contribution is -2.10. The summed E-state index contributed by atoms with van der Waals surface area (Å²) in [6, 6.07) is 0.0417. The average molecular weight is 99.1 g/mol. The van der Waals surface area contributed by atoms with E-state index in [0.717, 1.165) is 17.6 Å². The number of hydrogen-bond acceptors (Lipinski definition) is 1. The zero-order valence-electron chi connectivity index (χ0n) is 4.26. The lowest BCUT2D eigenvalue weighted by atomic mass is 10.3. The van der Waals surface area contributed by atoms with Crippen LogP contribution >= 0.6 is 0 Å². The normalized spacial score (nSPS) is 31.6. The van der Waals surface area contributed by atoms with Crippen LogP contribution in [0.4, 0.5) is 0 Å². The molecule has 1 unspecified atom stereocenters. The van der Waals surface area contributed by atoms with Crippen molar-refractivity contribution in [1.82, 2.24) is 0 Å². The number of nitrogens with zero attached hydrogens (tertiary/aromatic N) is 1. The molecule has 1 heterocycles. The van der Waals surface area contributed by atoms with Crippen LogP contribution in [0.1, 0.15) is 12.8 Å². The van der Waals surface area contributed by atoms with E-state index >= 15 is 0 Å². The summed E-state index contributed by atoms with van der Waals surface area (Å²) in [4.78, 5) is 10.4. The molecule has 2 heteroatoms. The van der Waals surface area contributed by atoms with Gasteiger partial charge in [0.2, 0.25) is 6.04 Å². The second-order valence-electron chi connectivity index (χ2n) is 1.94. The molecular weight excluding hydrogens is 90.1 g/mol. The molecule has 0 aromatic carbocycles. The summed E-state index contributed by atoms with van der Waals surface area (Å²) in [6.07, 6.45) is 2.00. The van der Waals surface area contributed by atoms with Crippen molar-refractivity contribution in [2.24, 2.45) is 0 Å². The number of hydrogen-bond donors (Lipinski definition) is 0. The van der Waals surface area contributed by atoms with Crippen LogP contribution in [0.5, 0.6) is 0 Å². The maximum absolute atomic E-state index is 10.4. The van der Waals surface area contributed by atoms with Crippen LogP contribution < -0.4 is 0 Å². The highest BCUT2D eigenvalue weighted by Crippen LogP contribution is 2.08. The van der Waals surface area contributed by atoms with E-state index in [-0.39, 0.29) is 6.04 Å².